The molecule has 0 saturated carbocycles. The van der Waals surface area contributed by atoms with Crippen molar-refractivity contribution in [3.05, 3.63) is 53.4 Å². The van der Waals surface area contributed by atoms with E-state index in [1.165, 1.54) is 6.20 Å². The minimum Gasteiger partial charge on any atom is -0.366 e. The van der Waals surface area contributed by atoms with Gasteiger partial charge in [-0.15, -0.1) is 0 Å². The van der Waals surface area contributed by atoms with Crippen LogP contribution in [0.25, 0.3) is 0 Å². The summed E-state index contributed by atoms with van der Waals surface area (Å²) in [4.78, 5) is 25.2. The summed E-state index contributed by atoms with van der Waals surface area (Å²) in [6.45, 7) is 1.39. The number of nitrogens with two attached hydrogens (primary N) is 1. The van der Waals surface area contributed by atoms with E-state index in [0.717, 1.165) is 18.4 Å². The first kappa shape index (κ1) is 14.3. The highest BCUT2D eigenvalue weighted by atomic mass is 16.5. The summed E-state index contributed by atoms with van der Waals surface area (Å²) in [7, 11) is 0. The lowest BCUT2D eigenvalue weighted by Gasteiger charge is -2.14. The first-order valence-electron chi connectivity index (χ1n) is 7.22. The van der Waals surface area contributed by atoms with Gasteiger partial charge in [-0.05, 0) is 36.5 Å². The van der Waals surface area contributed by atoms with E-state index in [1.54, 1.807) is 17.0 Å². The Morgan fingerprint density at radius 3 is 2.95 bits per heavy atom. The number of nitrogens with zero attached hydrogens (tertiary/aromatic N) is 2. The molecule has 2 N–H and O–H groups in total. The van der Waals surface area contributed by atoms with Crippen molar-refractivity contribution in [2.24, 2.45) is 11.7 Å². The lowest BCUT2D eigenvalue weighted by Crippen LogP contribution is -2.28. The van der Waals surface area contributed by atoms with Gasteiger partial charge in [-0.3, -0.25) is 9.59 Å². The molecule has 1 aliphatic rings. The molecule has 0 spiro atoms. The number of hydrogen-bond acceptors (Lipinski definition) is 4. The fraction of sp³-hybridized carbons (Fsp3) is 0.312. The van der Waals surface area contributed by atoms with Crippen LogP contribution in [0, 0.1) is 5.92 Å². The van der Waals surface area contributed by atoms with Gasteiger partial charge >= 0.3 is 0 Å². The summed E-state index contributed by atoms with van der Waals surface area (Å²) in [5.41, 5.74) is 6.88. The van der Waals surface area contributed by atoms with Crippen molar-refractivity contribution in [1.29, 1.82) is 0 Å². The summed E-state index contributed by atoms with van der Waals surface area (Å²) < 4.78 is 4.91. The van der Waals surface area contributed by atoms with Crippen LogP contribution in [-0.2, 0) is 6.42 Å². The van der Waals surface area contributed by atoms with Crippen LogP contribution < -0.4 is 5.73 Å². The Labute approximate surface area is 127 Å². The first-order chi connectivity index (χ1) is 10.6. The second kappa shape index (κ2) is 6.01. The monoisotopic (exact) mass is 299 g/mol. The molecule has 1 atom stereocenters. The molecular formula is C16H17N3O3. The molecule has 2 aromatic rings. The maximum atomic E-state index is 12.2. The zero-order chi connectivity index (χ0) is 15.5. The maximum Gasteiger partial charge on any atom is 0.292 e. The van der Waals surface area contributed by atoms with Gasteiger partial charge in [0.1, 0.15) is 0 Å². The van der Waals surface area contributed by atoms with E-state index in [4.69, 9.17) is 10.3 Å². The lowest BCUT2D eigenvalue weighted by molar-refractivity contribution is 0.0745. The number of carbonyl (C=O) groups is 2. The molecule has 0 bridgehead atoms. The number of likely N-dealkylation sites (tertiary alicyclic amines) is 1. The Morgan fingerprint density at radius 2 is 2.23 bits per heavy atom. The summed E-state index contributed by atoms with van der Waals surface area (Å²) in [6, 6.07) is 8.92. The number of primary amides is 1. The number of carbonyl (C=O) groups excluding carboxylic acids is 2. The van der Waals surface area contributed by atoms with E-state index >= 15 is 0 Å². The number of hydrogen-bond donors (Lipinski definition) is 1. The normalized spacial score (nSPS) is 17.6. The molecule has 0 unspecified atom stereocenters. The van der Waals surface area contributed by atoms with Crippen molar-refractivity contribution in [3.8, 4) is 0 Å². The van der Waals surface area contributed by atoms with E-state index in [2.05, 4.69) is 5.16 Å². The van der Waals surface area contributed by atoms with Gasteiger partial charge in [-0.1, -0.05) is 17.3 Å². The average molecular weight is 299 g/mol. The van der Waals surface area contributed by atoms with Crippen LogP contribution in [0.4, 0.5) is 0 Å². The molecule has 6 heteroatoms. The molecule has 3 rings (SSSR count). The third kappa shape index (κ3) is 3.00. The van der Waals surface area contributed by atoms with E-state index in [-0.39, 0.29) is 11.7 Å². The zero-order valence-corrected chi connectivity index (χ0v) is 12.1. The van der Waals surface area contributed by atoms with Crippen molar-refractivity contribution in [1.82, 2.24) is 10.1 Å². The van der Waals surface area contributed by atoms with Crippen LogP contribution in [0.2, 0.25) is 0 Å². The van der Waals surface area contributed by atoms with Gasteiger partial charge in [-0.2, -0.15) is 0 Å². The average Bonchev–Trinajstić information content (AvgIpc) is 3.18. The van der Waals surface area contributed by atoms with Crippen LogP contribution in [0.3, 0.4) is 0 Å². The van der Waals surface area contributed by atoms with Gasteiger partial charge < -0.3 is 15.2 Å². The van der Waals surface area contributed by atoms with E-state index in [1.807, 2.05) is 18.2 Å². The highest BCUT2D eigenvalue weighted by molar-refractivity contribution is 5.93. The van der Waals surface area contributed by atoms with Crippen LogP contribution in [0.5, 0.6) is 0 Å². The molecule has 22 heavy (non-hydrogen) atoms. The largest absolute Gasteiger partial charge is 0.366 e. The molecule has 1 aromatic carbocycles. The SMILES string of the molecule is NC(=O)c1cccc(C[C@H]2CCN(C(=O)c3ccno3)C2)c1. The van der Waals surface area contributed by atoms with Crippen LogP contribution >= 0.6 is 0 Å². The van der Waals surface area contributed by atoms with Crippen LogP contribution in [0.15, 0.2) is 41.1 Å². The minimum atomic E-state index is -0.421. The topological polar surface area (TPSA) is 89.4 Å². The van der Waals surface area contributed by atoms with Crippen LogP contribution in [0.1, 0.15) is 32.9 Å². The van der Waals surface area contributed by atoms with Crippen molar-refractivity contribution >= 4 is 11.8 Å². The second-order valence-electron chi connectivity index (χ2n) is 5.55. The third-order valence-electron chi connectivity index (χ3n) is 3.96. The Bertz CT molecular complexity index is 682. The second-order valence-corrected chi connectivity index (χ2v) is 5.55. The van der Waals surface area contributed by atoms with Crippen LogP contribution in [-0.4, -0.2) is 35.0 Å². The molecule has 1 aromatic heterocycles. The predicted octanol–water partition coefficient (Wildman–Crippen LogP) is 1.48. The first-order valence-corrected chi connectivity index (χ1v) is 7.22. The van der Waals surface area contributed by atoms with Crippen molar-refractivity contribution < 1.29 is 14.1 Å². The molecule has 1 fully saturated rings. The highest BCUT2D eigenvalue weighted by Crippen LogP contribution is 2.22. The fourth-order valence-electron chi connectivity index (χ4n) is 2.85. The molecule has 2 amide bonds. The number of benzene rings is 1. The Hall–Kier alpha value is -2.63. The van der Waals surface area contributed by atoms with Gasteiger partial charge in [0.2, 0.25) is 11.7 Å². The molecule has 1 saturated heterocycles. The van der Waals surface area contributed by atoms with Gasteiger partial charge in [0.25, 0.3) is 5.91 Å². The quantitative estimate of drug-likeness (QED) is 0.926. The van der Waals surface area contributed by atoms with Gasteiger partial charge in [0.15, 0.2) is 0 Å². The summed E-state index contributed by atoms with van der Waals surface area (Å²) in [5.74, 6) is 0.104. The predicted molar refractivity (Wildman–Crippen MR) is 79.2 cm³/mol. The van der Waals surface area contributed by atoms with E-state index in [0.29, 0.717) is 24.6 Å². The van der Waals surface area contributed by atoms with Gasteiger partial charge in [0.05, 0.1) is 6.20 Å². The Balaban J connectivity index is 1.62. The smallest absolute Gasteiger partial charge is 0.292 e. The molecule has 0 aliphatic carbocycles. The van der Waals surface area contributed by atoms with Gasteiger partial charge in [0, 0.05) is 24.7 Å². The van der Waals surface area contributed by atoms with Gasteiger partial charge in [-0.25, -0.2) is 0 Å². The van der Waals surface area contributed by atoms with E-state index < -0.39 is 5.91 Å². The molecule has 2 heterocycles. The number of rotatable bonds is 4. The van der Waals surface area contributed by atoms with Crippen molar-refractivity contribution in [3.63, 3.8) is 0 Å². The third-order valence-corrected chi connectivity index (χ3v) is 3.96. The van der Waals surface area contributed by atoms with Crippen molar-refractivity contribution in [2.45, 2.75) is 12.8 Å². The number of amides is 2. The highest BCUT2D eigenvalue weighted by Gasteiger charge is 2.28. The Morgan fingerprint density at radius 1 is 1.36 bits per heavy atom. The molecule has 0 radical (unpaired) electrons. The molecule has 114 valence electrons. The van der Waals surface area contributed by atoms with E-state index in [9.17, 15) is 9.59 Å². The summed E-state index contributed by atoms with van der Waals surface area (Å²) in [5, 5.41) is 3.56. The maximum absolute atomic E-state index is 12.2. The molecule has 6 nitrogen and oxygen atoms in total. The zero-order valence-electron chi connectivity index (χ0n) is 12.1. The summed E-state index contributed by atoms with van der Waals surface area (Å²) >= 11 is 0. The fourth-order valence-corrected chi connectivity index (χ4v) is 2.85. The summed E-state index contributed by atoms with van der Waals surface area (Å²) in [6.07, 6.45) is 3.22. The van der Waals surface area contributed by atoms with Crippen molar-refractivity contribution in [2.75, 3.05) is 13.1 Å². The minimum absolute atomic E-state index is 0.120. The molecule has 1 aliphatic heterocycles. The number of aromatic nitrogens is 1. The Kier molecular flexibility index (Phi) is 3.91. The standard InChI is InChI=1S/C16H17N3O3/c17-15(20)13-3-1-2-11(9-13)8-12-5-7-19(10-12)16(21)14-4-6-18-22-14/h1-4,6,9,12H,5,7-8,10H2,(H2,17,20)/t12-/m1/s1. The molecular weight excluding hydrogens is 282 g/mol. The lowest BCUT2D eigenvalue weighted by atomic mass is 9.97.